The van der Waals surface area contributed by atoms with Crippen LogP contribution in [0.3, 0.4) is 0 Å². The van der Waals surface area contributed by atoms with Gasteiger partial charge in [0.2, 0.25) is 5.91 Å². The van der Waals surface area contributed by atoms with E-state index in [1.54, 1.807) is 6.07 Å². The molecule has 3 nitrogen and oxygen atoms in total. The summed E-state index contributed by atoms with van der Waals surface area (Å²) in [6.07, 6.45) is 2.76. The van der Waals surface area contributed by atoms with Crippen molar-refractivity contribution in [3.63, 3.8) is 0 Å². The topological polar surface area (TPSA) is 32.3 Å². The third kappa shape index (κ3) is 4.03. The number of hydrogen-bond donors (Lipinski definition) is 1. The first-order valence-electron chi connectivity index (χ1n) is 7.04. The van der Waals surface area contributed by atoms with Gasteiger partial charge in [0.15, 0.2) is 0 Å². The van der Waals surface area contributed by atoms with Crippen molar-refractivity contribution in [1.29, 1.82) is 0 Å². The van der Waals surface area contributed by atoms with Crippen LogP contribution in [0.5, 0.6) is 0 Å². The first kappa shape index (κ1) is 15.4. The van der Waals surface area contributed by atoms with Crippen LogP contribution < -0.4 is 5.32 Å². The van der Waals surface area contributed by atoms with Gasteiger partial charge in [-0.15, -0.1) is 0 Å². The molecule has 0 saturated carbocycles. The van der Waals surface area contributed by atoms with Crippen LogP contribution in [-0.4, -0.2) is 30.4 Å². The Hall–Kier alpha value is -0.940. The van der Waals surface area contributed by atoms with E-state index < -0.39 is 0 Å². The minimum absolute atomic E-state index is 0.0800. The lowest BCUT2D eigenvalue weighted by Gasteiger charge is -2.18. The molecule has 0 spiro atoms. The summed E-state index contributed by atoms with van der Waals surface area (Å²) in [6, 6.07) is 4.76. The van der Waals surface area contributed by atoms with Crippen LogP contribution in [0.1, 0.15) is 37.8 Å². The van der Waals surface area contributed by atoms with Crippen molar-refractivity contribution in [2.45, 2.75) is 32.2 Å². The van der Waals surface area contributed by atoms with E-state index in [0.29, 0.717) is 13.0 Å². The Morgan fingerprint density at radius 1 is 1.45 bits per heavy atom. The molecule has 1 saturated heterocycles. The second kappa shape index (κ2) is 7.18. The fourth-order valence-electron chi connectivity index (χ4n) is 2.48. The third-order valence-electron chi connectivity index (χ3n) is 3.68. The predicted molar refractivity (Wildman–Crippen MR) is 80.9 cm³/mol. The first-order valence-corrected chi connectivity index (χ1v) is 7.83. The number of amides is 1. The van der Waals surface area contributed by atoms with Crippen molar-refractivity contribution < 1.29 is 9.18 Å². The van der Waals surface area contributed by atoms with E-state index in [2.05, 4.69) is 21.2 Å². The van der Waals surface area contributed by atoms with Crippen LogP contribution in [0, 0.1) is 5.82 Å². The van der Waals surface area contributed by atoms with Crippen molar-refractivity contribution >= 4 is 21.8 Å². The fourth-order valence-corrected chi connectivity index (χ4v) is 3.18. The van der Waals surface area contributed by atoms with E-state index in [-0.39, 0.29) is 17.8 Å². The molecule has 1 N–H and O–H groups in total. The van der Waals surface area contributed by atoms with Gasteiger partial charge >= 0.3 is 0 Å². The van der Waals surface area contributed by atoms with Gasteiger partial charge in [-0.2, -0.15) is 0 Å². The fraction of sp³-hybridized carbons (Fsp3) is 0.533. The molecule has 1 heterocycles. The van der Waals surface area contributed by atoms with Crippen molar-refractivity contribution in [2.24, 2.45) is 0 Å². The van der Waals surface area contributed by atoms with Crippen molar-refractivity contribution in [1.82, 2.24) is 10.2 Å². The Balaban J connectivity index is 1.79. The zero-order valence-electron chi connectivity index (χ0n) is 11.7. The maximum Gasteiger partial charge on any atom is 0.223 e. The first-order chi connectivity index (χ1) is 9.58. The van der Waals surface area contributed by atoms with E-state index in [1.165, 1.54) is 12.1 Å². The predicted octanol–water partition coefficient (Wildman–Crippen LogP) is 3.25. The molecule has 1 aromatic carbocycles. The summed E-state index contributed by atoms with van der Waals surface area (Å²) in [5, 5.41) is 3.31. The molecule has 0 radical (unpaired) electrons. The van der Waals surface area contributed by atoms with E-state index in [0.717, 1.165) is 36.0 Å². The molecule has 1 aromatic rings. The summed E-state index contributed by atoms with van der Waals surface area (Å²) in [5.41, 5.74) is 1.00. The molecular formula is C15H20BrFN2O. The number of halogens is 2. The maximum absolute atomic E-state index is 13.0. The number of nitrogens with zero attached hydrogens (tertiary/aromatic N) is 1. The third-order valence-corrected chi connectivity index (χ3v) is 4.36. The van der Waals surface area contributed by atoms with Gasteiger partial charge < -0.3 is 10.2 Å². The van der Waals surface area contributed by atoms with Gasteiger partial charge in [0.05, 0.1) is 0 Å². The van der Waals surface area contributed by atoms with E-state index >= 15 is 0 Å². The number of rotatable bonds is 5. The standard InChI is InChI=1S/C15H20BrFN2O/c1-11(13-5-4-12(17)10-14(13)16)18-7-6-15(20)19-8-2-3-9-19/h4-5,10-11,18H,2-3,6-9H2,1H3. The summed E-state index contributed by atoms with van der Waals surface area (Å²) >= 11 is 3.37. The summed E-state index contributed by atoms with van der Waals surface area (Å²) in [6.45, 7) is 4.45. The molecule has 1 amide bonds. The molecule has 1 atom stereocenters. The highest BCUT2D eigenvalue weighted by Crippen LogP contribution is 2.24. The van der Waals surface area contributed by atoms with Gasteiger partial charge in [0, 0.05) is 36.6 Å². The SMILES string of the molecule is CC(NCCC(=O)N1CCCC1)c1ccc(F)cc1Br. The number of nitrogens with one attached hydrogen (secondary N) is 1. The van der Waals surface area contributed by atoms with Crippen molar-refractivity contribution in [3.8, 4) is 0 Å². The van der Waals surface area contributed by atoms with Crippen molar-refractivity contribution in [2.75, 3.05) is 19.6 Å². The van der Waals surface area contributed by atoms with E-state index in [9.17, 15) is 9.18 Å². The average molecular weight is 343 g/mol. The number of likely N-dealkylation sites (tertiary alicyclic amines) is 1. The molecule has 2 rings (SSSR count). The van der Waals surface area contributed by atoms with Crippen LogP contribution in [0.2, 0.25) is 0 Å². The summed E-state index contributed by atoms with van der Waals surface area (Å²) < 4.78 is 13.8. The highest BCUT2D eigenvalue weighted by Gasteiger charge is 2.17. The zero-order chi connectivity index (χ0) is 14.5. The molecule has 1 fully saturated rings. The summed E-state index contributed by atoms with van der Waals surface area (Å²) in [4.78, 5) is 13.8. The van der Waals surface area contributed by atoms with Crippen LogP contribution in [0.15, 0.2) is 22.7 Å². The molecular weight excluding hydrogens is 323 g/mol. The minimum Gasteiger partial charge on any atom is -0.343 e. The van der Waals surface area contributed by atoms with Gasteiger partial charge in [0.25, 0.3) is 0 Å². The lowest BCUT2D eigenvalue weighted by molar-refractivity contribution is -0.130. The lowest BCUT2D eigenvalue weighted by atomic mass is 10.1. The Morgan fingerprint density at radius 2 is 2.15 bits per heavy atom. The maximum atomic E-state index is 13.0. The van der Waals surface area contributed by atoms with Gasteiger partial charge in [-0.3, -0.25) is 4.79 Å². The molecule has 5 heteroatoms. The van der Waals surface area contributed by atoms with Gasteiger partial charge in [0.1, 0.15) is 5.82 Å². The number of hydrogen-bond acceptors (Lipinski definition) is 2. The zero-order valence-corrected chi connectivity index (χ0v) is 13.2. The molecule has 0 aliphatic carbocycles. The van der Waals surface area contributed by atoms with Crippen LogP contribution in [-0.2, 0) is 4.79 Å². The van der Waals surface area contributed by atoms with Gasteiger partial charge in [-0.25, -0.2) is 4.39 Å². The highest BCUT2D eigenvalue weighted by molar-refractivity contribution is 9.10. The van der Waals surface area contributed by atoms with Gasteiger partial charge in [-0.05, 0) is 37.5 Å². The molecule has 1 aliphatic rings. The molecule has 110 valence electrons. The highest BCUT2D eigenvalue weighted by atomic mass is 79.9. The molecule has 0 aromatic heterocycles. The Labute approximate surface area is 127 Å². The normalized spacial score (nSPS) is 16.4. The monoisotopic (exact) mass is 342 g/mol. The lowest BCUT2D eigenvalue weighted by Crippen LogP contribution is -2.31. The minimum atomic E-state index is -0.253. The van der Waals surface area contributed by atoms with Crippen LogP contribution in [0.25, 0.3) is 0 Å². The average Bonchev–Trinajstić information content (AvgIpc) is 2.92. The molecule has 1 unspecified atom stereocenters. The van der Waals surface area contributed by atoms with Gasteiger partial charge in [-0.1, -0.05) is 22.0 Å². The second-order valence-electron chi connectivity index (χ2n) is 5.18. The second-order valence-corrected chi connectivity index (χ2v) is 6.03. The Morgan fingerprint density at radius 3 is 2.80 bits per heavy atom. The smallest absolute Gasteiger partial charge is 0.223 e. The molecule has 0 bridgehead atoms. The van der Waals surface area contributed by atoms with Crippen LogP contribution >= 0.6 is 15.9 Å². The molecule has 20 heavy (non-hydrogen) atoms. The van der Waals surface area contributed by atoms with Crippen LogP contribution in [0.4, 0.5) is 4.39 Å². The van der Waals surface area contributed by atoms with E-state index in [4.69, 9.17) is 0 Å². The van der Waals surface area contributed by atoms with Crippen molar-refractivity contribution in [3.05, 3.63) is 34.1 Å². The Kier molecular flexibility index (Phi) is 5.54. The molecule has 1 aliphatic heterocycles. The number of carbonyl (C=O) groups excluding carboxylic acids is 1. The van der Waals surface area contributed by atoms with E-state index in [1.807, 2.05) is 11.8 Å². The quantitative estimate of drug-likeness (QED) is 0.890. The number of carbonyl (C=O) groups is 1. The number of benzene rings is 1. The summed E-state index contributed by atoms with van der Waals surface area (Å²) in [5.74, 6) is -0.0302. The largest absolute Gasteiger partial charge is 0.343 e. The summed E-state index contributed by atoms with van der Waals surface area (Å²) in [7, 11) is 0. The Bertz CT molecular complexity index is 475.